The molecule has 0 aromatic heterocycles. The molecular weight excluding hydrogens is 305 g/mol. The first kappa shape index (κ1) is 15.7. The van der Waals surface area contributed by atoms with Crippen molar-refractivity contribution in [3.63, 3.8) is 0 Å². The molecule has 1 fully saturated rings. The topological polar surface area (TPSA) is 57.6 Å². The molecule has 1 aliphatic heterocycles. The number of aliphatic hydroxyl groups excluding tert-OH is 1. The molecule has 7 heteroatoms. The fourth-order valence-corrected chi connectivity index (χ4v) is 4.40. The van der Waals surface area contributed by atoms with Gasteiger partial charge in [0, 0.05) is 13.1 Å². The van der Waals surface area contributed by atoms with E-state index in [0.717, 1.165) is 12.1 Å². The number of halogens is 2. The Morgan fingerprint density at radius 2 is 2.00 bits per heavy atom. The molecule has 112 valence electrons. The lowest BCUT2D eigenvalue weighted by Gasteiger charge is -2.32. The Hall–Kier alpha value is -0.690. The molecule has 1 aromatic carbocycles. The quantitative estimate of drug-likeness (QED) is 0.929. The van der Waals surface area contributed by atoms with Crippen molar-refractivity contribution >= 4 is 21.6 Å². The predicted octanol–water partition coefficient (Wildman–Crippen LogP) is 2.26. The van der Waals surface area contributed by atoms with Crippen LogP contribution in [0.15, 0.2) is 23.1 Å². The second kappa shape index (κ2) is 5.97. The molecule has 1 N–H and O–H groups in total. The maximum atomic E-state index is 13.0. The summed E-state index contributed by atoms with van der Waals surface area (Å²) in [4.78, 5) is -0.0731. The number of piperidine rings is 1. The van der Waals surface area contributed by atoms with Gasteiger partial charge in [-0.2, -0.15) is 4.31 Å². The molecule has 4 nitrogen and oxygen atoms in total. The number of aliphatic hydroxyl groups is 1. The molecule has 2 rings (SSSR count). The van der Waals surface area contributed by atoms with Crippen molar-refractivity contribution in [1.82, 2.24) is 4.31 Å². The first-order chi connectivity index (χ1) is 9.32. The Morgan fingerprint density at radius 1 is 1.40 bits per heavy atom. The Morgan fingerprint density at radius 3 is 2.50 bits per heavy atom. The van der Waals surface area contributed by atoms with Crippen LogP contribution in [-0.2, 0) is 10.0 Å². The van der Waals surface area contributed by atoms with Crippen molar-refractivity contribution in [2.24, 2.45) is 5.92 Å². The van der Waals surface area contributed by atoms with Crippen LogP contribution in [0.2, 0.25) is 5.02 Å². The van der Waals surface area contributed by atoms with Crippen molar-refractivity contribution in [1.29, 1.82) is 0 Å². The Kier molecular flexibility index (Phi) is 4.69. The standard InChI is InChI=1S/C13H17ClFNO3S/c1-9(17)10-4-6-16(7-5-10)20(18,19)13-3-2-11(15)8-12(13)14/h2-3,8-10,17H,4-7H2,1H3. The summed E-state index contributed by atoms with van der Waals surface area (Å²) >= 11 is 5.83. The van der Waals surface area contributed by atoms with Crippen LogP contribution in [-0.4, -0.2) is 37.0 Å². The van der Waals surface area contributed by atoms with Gasteiger partial charge < -0.3 is 5.11 Å². The van der Waals surface area contributed by atoms with Gasteiger partial charge in [0.1, 0.15) is 10.7 Å². The van der Waals surface area contributed by atoms with Gasteiger partial charge in [-0.05, 0) is 43.9 Å². The predicted molar refractivity (Wildman–Crippen MR) is 74.6 cm³/mol. The highest BCUT2D eigenvalue weighted by molar-refractivity contribution is 7.89. The fourth-order valence-electron chi connectivity index (χ4n) is 2.42. The number of rotatable bonds is 3. The zero-order valence-corrected chi connectivity index (χ0v) is 12.7. The van der Waals surface area contributed by atoms with Crippen LogP contribution in [0.3, 0.4) is 0 Å². The molecule has 0 amide bonds. The van der Waals surface area contributed by atoms with Crippen LogP contribution in [0.4, 0.5) is 4.39 Å². The Bertz CT molecular complexity index is 583. The van der Waals surface area contributed by atoms with Crippen LogP contribution >= 0.6 is 11.6 Å². The second-order valence-electron chi connectivity index (χ2n) is 5.06. The molecule has 0 aliphatic carbocycles. The van der Waals surface area contributed by atoms with E-state index in [0.29, 0.717) is 25.9 Å². The summed E-state index contributed by atoms with van der Waals surface area (Å²) in [5.41, 5.74) is 0. The summed E-state index contributed by atoms with van der Waals surface area (Å²) in [7, 11) is -3.71. The highest BCUT2D eigenvalue weighted by Gasteiger charge is 2.32. The van der Waals surface area contributed by atoms with Crippen molar-refractivity contribution in [2.45, 2.75) is 30.8 Å². The summed E-state index contributed by atoms with van der Waals surface area (Å²) in [6.45, 7) is 2.39. The minimum atomic E-state index is -3.71. The minimum Gasteiger partial charge on any atom is -0.393 e. The Balaban J connectivity index is 2.20. The van der Waals surface area contributed by atoms with Crippen LogP contribution in [0.5, 0.6) is 0 Å². The third-order valence-electron chi connectivity index (χ3n) is 3.69. The van der Waals surface area contributed by atoms with E-state index >= 15 is 0 Å². The second-order valence-corrected chi connectivity index (χ2v) is 7.37. The lowest BCUT2D eigenvalue weighted by molar-refractivity contribution is 0.0912. The van der Waals surface area contributed by atoms with Gasteiger partial charge in [-0.15, -0.1) is 0 Å². The number of nitrogens with zero attached hydrogens (tertiary/aromatic N) is 1. The van der Waals surface area contributed by atoms with Crippen LogP contribution in [0, 0.1) is 11.7 Å². The van der Waals surface area contributed by atoms with Gasteiger partial charge in [-0.1, -0.05) is 11.6 Å². The summed E-state index contributed by atoms with van der Waals surface area (Å²) in [5.74, 6) is -0.452. The zero-order chi connectivity index (χ0) is 14.9. The van der Waals surface area contributed by atoms with E-state index < -0.39 is 21.9 Å². The van der Waals surface area contributed by atoms with Crippen LogP contribution in [0.1, 0.15) is 19.8 Å². The molecule has 1 atom stereocenters. The van der Waals surface area contributed by atoms with E-state index in [4.69, 9.17) is 11.6 Å². The van der Waals surface area contributed by atoms with Crippen LogP contribution in [0.25, 0.3) is 0 Å². The van der Waals surface area contributed by atoms with Crippen molar-refractivity contribution in [3.8, 4) is 0 Å². The van der Waals surface area contributed by atoms with E-state index in [1.807, 2.05) is 0 Å². The SMILES string of the molecule is CC(O)C1CCN(S(=O)(=O)c2ccc(F)cc2Cl)CC1. The van der Waals surface area contributed by atoms with Crippen molar-refractivity contribution in [2.75, 3.05) is 13.1 Å². The van der Waals surface area contributed by atoms with Gasteiger partial charge in [0.2, 0.25) is 10.0 Å². The third kappa shape index (κ3) is 3.14. The number of hydrogen-bond donors (Lipinski definition) is 1. The molecule has 0 bridgehead atoms. The first-order valence-corrected chi connectivity index (χ1v) is 8.27. The van der Waals surface area contributed by atoms with Gasteiger partial charge in [0.15, 0.2) is 0 Å². The van der Waals surface area contributed by atoms with E-state index in [-0.39, 0.29) is 15.8 Å². The largest absolute Gasteiger partial charge is 0.393 e. The van der Waals surface area contributed by atoms with E-state index in [2.05, 4.69) is 0 Å². The van der Waals surface area contributed by atoms with Crippen molar-refractivity contribution < 1.29 is 17.9 Å². The molecule has 1 unspecified atom stereocenters. The van der Waals surface area contributed by atoms with Gasteiger partial charge in [0.25, 0.3) is 0 Å². The average Bonchev–Trinajstić information content (AvgIpc) is 2.38. The van der Waals surface area contributed by atoms with Gasteiger partial charge in [0.05, 0.1) is 11.1 Å². The number of hydrogen-bond acceptors (Lipinski definition) is 3. The maximum absolute atomic E-state index is 13.0. The van der Waals surface area contributed by atoms with Crippen LogP contribution < -0.4 is 0 Å². The summed E-state index contributed by atoms with van der Waals surface area (Å²) in [6.07, 6.45) is 0.778. The normalized spacial score (nSPS) is 20.0. The molecule has 1 aliphatic rings. The lowest BCUT2D eigenvalue weighted by Crippen LogP contribution is -2.40. The molecule has 0 saturated carbocycles. The highest BCUT2D eigenvalue weighted by Crippen LogP contribution is 2.29. The Labute approximate surface area is 123 Å². The zero-order valence-electron chi connectivity index (χ0n) is 11.1. The number of benzene rings is 1. The fraction of sp³-hybridized carbons (Fsp3) is 0.538. The molecule has 1 heterocycles. The summed E-state index contributed by atoms with van der Waals surface area (Å²) in [6, 6.07) is 3.27. The maximum Gasteiger partial charge on any atom is 0.244 e. The monoisotopic (exact) mass is 321 g/mol. The average molecular weight is 322 g/mol. The highest BCUT2D eigenvalue weighted by atomic mass is 35.5. The van der Waals surface area contributed by atoms with E-state index in [1.165, 1.54) is 10.4 Å². The minimum absolute atomic E-state index is 0.0731. The number of sulfonamides is 1. The van der Waals surface area contributed by atoms with Crippen molar-refractivity contribution in [3.05, 3.63) is 29.0 Å². The molecule has 1 saturated heterocycles. The van der Waals surface area contributed by atoms with E-state index in [1.54, 1.807) is 6.92 Å². The smallest absolute Gasteiger partial charge is 0.244 e. The van der Waals surface area contributed by atoms with Gasteiger partial charge >= 0.3 is 0 Å². The lowest BCUT2D eigenvalue weighted by atomic mass is 9.93. The third-order valence-corrected chi connectivity index (χ3v) is 6.07. The molecule has 1 aromatic rings. The molecule has 20 heavy (non-hydrogen) atoms. The van der Waals surface area contributed by atoms with E-state index in [9.17, 15) is 17.9 Å². The molecule has 0 radical (unpaired) electrons. The van der Waals surface area contributed by atoms with Gasteiger partial charge in [-0.3, -0.25) is 0 Å². The summed E-state index contributed by atoms with van der Waals surface area (Å²) in [5, 5.41) is 9.42. The molecular formula is C13H17ClFNO3S. The summed E-state index contributed by atoms with van der Waals surface area (Å²) < 4.78 is 39.2. The molecule has 0 spiro atoms. The van der Waals surface area contributed by atoms with Gasteiger partial charge in [-0.25, -0.2) is 12.8 Å². The first-order valence-electron chi connectivity index (χ1n) is 6.45.